The van der Waals surface area contributed by atoms with Gasteiger partial charge >= 0.3 is 6.09 Å². The number of carbonyl (C=O) groups excluding carboxylic acids is 2. The van der Waals surface area contributed by atoms with Crippen LogP contribution in [0.1, 0.15) is 66.9 Å². The zero-order chi connectivity index (χ0) is 24.6. The summed E-state index contributed by atoms with van der Waals surface area (Å²) in [6.07, 6.45) is 0.120. The van der Waals surface area contributed by atoms with Gasteiger partial charge in [0, 0.05) is 32.4 Å². The van der Waals surface area contributed by atoms with Gasteiger partial charge in [-0.1, -0.05) is 58.0 Å². The van der Waals surface area contributed by atoms with Crippen molar-refractivity contribution in [3.05, 3.63) is 35.9 Å². The van der Waals surface area contributed by atoms with Gasteiger partial charge in [0.25, 0.3) is 0 Å². The van der Waals surface area contributed by atoms with Crippen LogP contribution in [0.5, 0.6) is 0 Å². The zero-order valence-electron chi connectivity index (χ0n) is 20.9. The van der Waals surface area contributed by atoms with Crippen LogP contribution in [0.15, 0.2) is 30.3 Å². The van der Waals surface area contributed by atoms with Gasteiger partial charge in [-0.05, 0) is 44.2 Å². The molecule has 0 saturated carbocycles. The second kappa shape index (κ2) is 11.7. The Morgan fingerprint density at radius 1 is 1.12 bits per heavy atom. The Balaban J connectivity index is 3.10. The first-order chi connectivity index (χ1) is 14.7. The largest absolute Gasteiger partial charge is 0.444 e. The molecule has 4 N–H and O–H groups in total. The molecule has 0 aliphatic carbocycles. The number of ether oxygens (including phenoxy) is 1. The molecule has 7 nitrogen and oxygen atoms in total. The molecule has 182 valence electrons. The standard InChI is InChI=1S/C25H43N3O4/c1-19(2)17-28(22(30)32-23(3,4)5)25(31,15-20-11-9-8-10-12-20)13-14-27-21(29)16-24(6,7)18-26/h8-12,19,31H,13-18,26H2,1-7H3,(H,27,29)/t25-/m0/s1. The van der Waals surface area contributed by atoms with E-state index in [1.165, 1.54) is 4.90 Å². The van der Waals surface area contributed by atoms with E-state index >= 15 is 0 Å². The van der Waals surface area contributed by atoms with Crippen LogP contribution in [0.25, 0.3) is 0 Å². The second-order valence-electron chi connectivity index (χ2n) is 10.8. The SMILES string of the molecule is CC(C)CN(C(=O)OC(C)(C)C)[C@](O)(CCNC(=O)CC(C)(C)CN)Cc1ccccc1. The average Bonchev–Trinajstić information content (AvgIpc) is 2.65. The highest BCUT2D eigenvalue weighted by molar-refractivity contribution is 5.76. The summed E-state index contributed by atoms with van der Waals surface area (Å²) >= 11 is 0. The molecule has 0 aliphatic heterocycles. The molecule has 0 heterocycles. The lowest BCUT2D eigenvalue weighted by molar-refractivity contribution is -0.125. The number of carbonyl (C=O) groups is 2. The maximum atomic E-state index is 13.1. The van der Waals surface area contributed by atoms with Crippen LogP contribution in [-0.2, 0) is 16.0 Å². The van der Waals surface area contributed by atoms with Crippen LogP contribution in [0, 0.1) is 11.3 Å². The lowest BCUT2D eigenvalue weighted by Crippen LogP contribution is -2.57. The van der Waals surface area contributed by atoms with Crippen molar-refractivity contribution in [1.82, 2.24) is 10.2 Å². The van der Waals surface area contributed by atoms with Gasteiger partial charge in [0.15, 0.2) is 0 Å². The zero-order valence-corrected chi connectivity index (χ0v) is 20.9. The molecule has 0 saturated heterocycles. The summed E-state index contributed by atoms with van der Waals surface area (Å²) in [5, 5.41) is 14.7. The van der Waals surface area contributed by atoms with Crippen LogP contribution in [-0.4, -0.2) is 53.0 Å². The summed E-state index contributed by atoms with van der Waals surface area (Å²) in [5.74, 6) is -0.0139. The lowest BCUT2D eigenvalue weighted by Gasteiger charge is -2.41. The van der Waals surface area contributed by atoms with Gasteiger partial charge in [-0.25, -0.2) is 4.79 Å². The number of nitrogens with one attached hydrogen (secondary N) is 1. The third kappa shape index (κ3) is 10.0. The maximum absolute atomic E-state index is 13.1. The fraction of sp³-hybridized carbons (Fsp3) is 0.680. The van der Waals surface area contributed by atoms with E-state index in [9.17, 15) is 14.7 Å². The van der Waals surface area contributed by atoms with Crippen molar-refractivity contribution in [3.8, 4) is 0 Å². The van der Waals surface area contributed by atoms with E-state index in [4.69, 9.17) is 10.5 Å². The third-order valence-electron chi connectivity index (χ3n) is 5.03. The monoisotopic (exact) mass is 449 g/mol. The number of benzene rings is 1. The Hall–Kier alpha value is -2.12. The summed E-state index contributed by atoms with van der Waals surface area (Å²) in [4.78, 5) is 26.9. The predicted molar refractivity (Wildman–Crippen MR) is 128 cm³/mol. The van der Waals surface area contributed by atoms with E-state index in [2.05, 4.69) is 5.32 Å². The van der Waals surface area contributed by atoms with Crippen LogP contribution >= 0.6 is 0 Å². The number of amides is 2. The quantitative estimate of drug-likeness (QED) is 0.447. The van der Waals surface area contributed by atoms with Gasteiger partial charge in [-0.15, -0.1) is 0 Å². The Kier molecular flexibility index (Phi) is 10.2. The predicted octanol–water partition coefficient (Wildman–Crippen LogP) is 3.69. The Bertz CT molecular complexity index is 728. The highest BCUT2D eigenvalue weighted by Crippen LogP contribution is 2.26. The van der Waals surface area contributed by atoms with Crippen LogP contribution < -0.4 is 11.1 Å². The Morgan fingerprint density at radius 3 is 2.22 bits per heavy atom. The molecule has 0 unspecified atom stereocenters. The first-order valence-electron chi connectivity index (χ1n) is 11.4. The van der Waals surface area contributed by atoms with E-state index in [0.717, 1.165) is 5.56 Å². The highest BCUT2D eigenvalue weighted by atomic mass is 16.6. The minimum absolute atomic E-state index is 0.116. The normalized spacial score (nSPS) is 14.1. The second-order valence-corrected chi connectivity index (χ2v) is 10.8. The van der Waals surface area contributed by atoms with Crippen molar-refractivity contribution in [2.24, 2.45) is 17.1 Å². The third-order valence-corrected chi connectivity index (χ3v) is 5.03. The minimum atomic E-state index is -1.52. The van der Waals surface area contributed by atoms with Crippen molar-refractivity contribution >= 4 is 12.0 Å². The average molecular weight is 450 g/mol. The molecule has 1 aromatic carbocycles. The first kappa shape index (κ1) is 27.9. The van der Waals surface area contributed by atoms with Gasteiger partial charge in [0.05, 0.1) is 0 Å². The fourth-order valence-electron chi connectivity index (χ4n) is 3.31. The molecule has 1 atom stereocenters. The smallest absolute Gasteiger partial charge is 0.412 e. The maximum Gasteiger partial charge on any atom is 0.412 e. The van der Waals surface area contributed by atoms with Crippen LogP contribution in [0.4, 0.5) is 4.79 Å². The topological polar surface area (TPSA) is 105 Å². The molecule has 1 rings (SSSR count). The summed E-state index contributed by atoms with van der Waals surface area (Å²) < 4.78 is 5.62. The molecule has 0 aromatic heterocycles. The number of hydrogen-bond donors (Lipinski definition) is 3. The molecule has 0 spiro atoms. The number of hydrogen-bond acceptors (Lipinski definition) is 5. The molecule has 2 amide bonds. The summed E-state index contributed by atoms with van der Waals surface area (Å²) in [5.41, 5.74) is 4.11. The first-order valence-corrected chi connectivity index (χ1v) is 11.4. The molecule has 7 heteroatoms. The molecule has 0 radical (unpaired) electrons. The van der Waals surface area contributed by atoms with Gasteiger partial charge in [-0.2, -0.15) is 0 Å². The highest BCUT2D eigenvalue weighted by Gasteiger charge is 2.40. The number of nitrogens with zero attached hydrogens (tertiary/aromatic N) is 1. The van der Waals surface area contributed by atoms with Gasteiger partial charge in [0.1, 0.15) is 11.3 Å². The van der Waals surface area contributed by atoms with E-state index in [-0.39, 0.29) is 36.6 Å². The van der Waals surface area contributed by atoms with Crippen molar-refractivity contribution in [1.29, 1.82) is 0 Å². The minimum Gasteiger partial charge on any atom is -0.444 e. The molecule has 0 aliphatic rings. The lowest BCUT2D eigenvalue weighted by atomic mass is 9.89. The van der Waals surface area contributed by atoms with Crippen molar-refractivity contribution in [2.75, 3.05) is 19.6 Å². The van der Waals surface area contributed by atoms with Gasteiger partial charge < -0.3 is 20.9 Å². The number of nitrogens with two attached hydrogens (primary N) is 1. The van der Waals surface area contributed by atoms with Crippen molar-refractivity contribution in [2.45, 2.75) is 79.1 Å². The van der Waals surface area contributed by atoms with E-state index in [0.29, 0.717) is 19.5 Å². The molecular formula is C25H43N3O4. The van der Waals surface area contributed by atoms with E-state index in [1.807, 2.05) is 58.0 Å². The van der Waals surface area contributed by atoms with Crippen molar-refractivity contribution in [3.63, 3.8) is 0 Å². The molecule has 0 bridgehead atoms. The van der Waals surface area contributed by atoms with Gasteiger partial charge in [-0.3, -0.25) is 9.69 Å². The summed E-state index contributed by atoms with van der Waals surface area (Å²) in [6, 6.07) is 9.52. The Morgan fingerprint density at radius 2 is 1.72 bits per heavy atom. The molecular weight excluding hydrogens is 406 g/mol. The number of rotatable bonds is 11. The number of aliphatic hydroxyl groups is 1. The van der Waals surface area contributed by atoms with Crippen LogP contribution in [0.2, 0.25) is 0 Å². The Labute approximate surface area is 193 Å². The van der Waals surface area contributed by atoms with E-state index < -0.39 is 17.4 Å². The molecule has 1 aromatic rings. The molecule has 0 fully saturated rings. The van der Waals surface area contributed by atoms with Gasteiger partial charge in [0.2, 0.25) is 5.91 Å². The molecule has 32 heavy (non-hydrogen) atoms. The summed E-state index contributed by atoms with van der Waals surface area (Å²) in [7, 11) is 0. The van der Waals surface area contributed by atoms with E-state index in [1.54, 1.807) is 20.8 Å². The van der Waals surface area contributed by atoms with Crippen molar-refractivity contribution < 1.29 is 19.4 Å². The fourth-order valence-corrected chi connectivity index (χ4v) is 3.31. The van der Waals surface area contributed by atoms with Crippen LogP contribution in [0.3, 0.4) is 0 Å². The summed E-state index contributed by atoms with van der Waals surface area (Å²) in [6.45, 7) is 14.2.